The minimum atomic E-state index is -1.98. The normalized spacial score (nSPS) is 14.0. The van der Waals surface area contributed by atoms with Gasteiger partial charge in [-0.25, -0.2) is 4.79 Å². The summed E-state index contributed by atoms with van der Waals surface area (Å²) < 4.78 is 0. The molecular weight excluding hydrogens is 616 g/mol. The summed E-state index contributed by atoms with van der Waals surface area (Å²) in [5.41, 5.74) is 12.6. The largest absolute Gasteiger partial charge is 0.508 e. The van der Waals surface area contributed by atoms with E-state index in [4.69, 9.17) is 11.5 Å². The number of amides is 4. The number of hydrogen-bond donors (Lipinski definition) is 6. The number of benzene rings is 3. The first-order valence-corrected chi connectivity index (χ1v) is 15.5. The Bertz CT molecular complexity index is 1550. The van der Waals surface area contributed by atoms with Crippen LogP contribution in [-0.2, 0) is 36.8 Å². The molecule has 3 aromatic carbocycles. The molecule has 0 radical (unpaired) electrons. The Morgan fingerprint density at radius 3 is 1.98 bits per heavy atom. The third kappa shape index (κ3) is 9.62. The molecule has 4 atom stereocenters. The zero-order valence-electron chi connectivity index (χ0n) is 27.3. The van der Waals surface area contributed by atoms with E-state index in [1.165, 1.54) is 31.0 Å². The van der Waals surface area contributed by atoms with Gasteiger partial charge in [0.1, 0.15) is 11.8 Å². The molecule has 0 heterocycles. The van der Waals surface area contributed by atoms with E-state index in [2.05, 4.69) is 10.6 Å². The maximum atomic E-state index is 13.5. The molecule has 13 heteroatoms. The summed E-state index contributed by atoms with van der Waals surface area (Å²) in [7, 11) is 2.92. The van der Waals surface area contributed by atoms with Gasteiger partial charge < -0.3 is 42.1 Å². The summed E-state index contributed by atoms with van der Waals surface area (Å²) >= 11 is 0. The van der Waals surface area contributed by atoms with Crippen molar-refractivity contribution in [3.05, 3.63) is 96.1 Å². The number of aliphatic carboxylic acids is 1. The molecule has 8 N–H and O–H groups in total. The number of carbonyl (C=O) groups is 5. The number of nitrogens with one attached hydrogen (secondary N) is 2. The number of anilines is 1. The van der Waals surface area contributed by atoms with Gasteiger partial charge in [0, 0.05) is 38.7 Å². The van der Waals surface area contributed by atoms with E-state index in [9.17, 15) is 34.2 Å². The average molecular weight is 661 g/mol. The standard InChI is InChI=1S/C35H44N6O7/c1-23(39-33(46)28(36)20-24-14-16-27(42)17-15-24)32(45)38-22-31(44)41(3)35(34(47)48,21-25-10-6-4-7-11-25)29(37)18-19-30(43)40(2)26-12-8-5-9-13-26/h4-17,23,28-29,42H,18-22,36-37H2,1-3H3,(H,38,45)(H,39,46)(H,47,48)/t23-,28+,29?,35-/m1/s1. The van der Waals surface area contributed by atoms with Crippen molar-refractivity contribution in [1.82, 2.24) is 15.5 Å². The van der Waals surface area contributed by atoms with Gasteiger partial charge in [0.15, 0.2) is 5.54 Å². The minimum Gasteiger partial charge on any atom is -0.508 e. The van der Waals surface area contributed by atoms with E-state index in [-0.39, 0.29) is 37.3 Å². The average Bonchev–Trinajstić information content (AvgIpc) is 3.08. The fourth-order valence-electron chi connectivity index (χ4n) is 5.29. The first-order chi connectivity index (χ1) is 22.8. The van der Waals surface area contributed by atoms with Crippen LogP contribution in [0.2, 0.25) is 0 Å². The Morgan fingerprint density at radius 1 is 0.812 bits per heavy atom. The van der Waals surface area contributed by atoms with E-state index in [1.807, 2.05) is 6.07 Å². The van der Waals surface area contributed by atoms with E-state index < -0.39 is 53.9 Å². The lowest BCUT2D eigenvalue weighted by Crippen LogP contribution is -2.67. The van der Waals surface area contributed by atoms with Crippen LogP contribution in [0.5, 0.6) is 5.75 Å². The molecule has 1 unspecified atom stereocenters. The fourth-order valence-corrected chi connectivity index (χ4v) is 5.29. The van der Waals surface area contributed by atoms with Crippen molar-refractivity contribution < 1.29 is 34.2 Å². The quantitative estimate of drug-likeness (QED) is 0.130. The summed E-state index contributed by atoms with van der Waals surface area (Å²) in [6, 6.07) is 20.6. The summed E-state index contributed by atoms with van der Waals surface area (Å²) in [6.07, 6.45) is -0.126. The number of nitrogens with zero attached hydrogens (tertiary/aromatic N) is 2. The van der Waals surface area contributed by atoms with Crippen LogP contribution < -0.4 is 27.0 Å². The molecule has 3 aromatic rings. The highest BCUT2D eigenvalue weighted by Gasteiger charge is 2.50. The minimum absolute atomic E-state index is 0.0490. The van der Waals surface area contributed by atoms with Crippen molar-refractivity contribution in [3.63, 3.8) is 0 Å². The van der Waals surface area contributed by atoms with Crippen LogP contribution in [0.4, 0.5) is 5.69 Å². The molecule has 3 rings (SSSR count). The molecule has 0 aliphatic carbocycles. The Hall–Kier alpha value is -5.27. The fraction of sp³-hybridized carbons (Fsp3) is 0.343. The maximum absolute atomic E-state index is 13.5. The zero-order valence-corrected chi connectivity index (χ0v) is 27.3. The van der Waals surface area contributed by atoms with Gasteiger partial charge in [-0.05, 0) is 55.2 Å². The Labute approximate surface area is 279 Å². The second-order valence-electron chi connectivity index (χ2n) is 11.7. The summed E-state index contributed by atoms with van der Waals surface area (Å²) in [5, 5.41) is 25.0. The third-order valence-electron chi connectivity index (χ3n) is 8.35. The molecule has 0 aliphatic heterocycles. The summed E-state index contributed by atoms with van der Waals surface area (Å²) in [4.78, 5) is 67.5. The highest BCUT2D eigenvalue weighted by atomic mass is 16.4. The summed E-state index contributed by atoms with van der Waals surface area (Å²) in [5.74, 6) is -3.60. The van der Waals surface area contributed by atoms with Crippen LogP contribution in [0.15, 0.2) is 84.9 Å². The number of phenolic OH excluding ortho intramolecular Hbond substituents is 1. The SMILES string of the molecule is C[C@@H](NC(=O)[C@@H](N)Cc1ccc(O)cc1)C(=O)NCC(=O)N(C)[C@@](Cc1ccccc1)(C(=O)O)C(N)CCC(=O)N(C)c1ccccc1. The molecule has 4 amide bonds. The van der Waals surface area contributed by atoms with Gasteiger partial charge in [-0.2, -0.15) is 0 Å². The van der Waals surface area contributed by atoms with Crippen molar-refractivity contribution in [2.24, 2.45) is 11.5 Å². The molecule has 0 saturated heterocycles. The number of aromatic hydroxyl groups is 1. The number of hydrogen-bond acceptors (Lipinski definition) is 8. The molecule has 48 heavy (non-hydrogen) atoms. The van der Waals surface area contributed by atoms with Gasteiger partial charge in [0.25, 0.3) is 0 Å². The Kier molecular flexibility index (Phi) is 13.2. The predicted molar refractivity (Wildman–Crippen MR) is 181 cm³/mol. The first kappa shape index (κ1) is 37.2. The van der Waals surface area contributed by atoms with Crippen molar-refractivity contribution in [2.45, 2.75) is 56.3 Å². The van der Waals surface area contributed by atoms with Crippen molar-refractivity contribution in [3.8, 4) is 5.75 Å². The lowest BCUT2D eigenvalue weighted by atomic mass is 9.80. The van der Waals surface area contributed by atoms with Gasteiger partial charge in [-0.1, -0.05) is 60.7 Å². The van der Waals surface area contributed by atoms with Crippen molar-refractivity contribution in [1.29, 1.82) is 0 Å². The monoisotopic (exact) mass is 660 g/mol. The number of nitrogens with two attached hydrogens (primary N) is 2. The van der Waals surface area contributed by atoms with E-state index >= 15 is 0 Å². The van der Waals surface area contributed by atoms with Crippen LogP contribution in [-0.4, -0.2) is 89.0 Å². The smallest absolute Gasteiger partial charge is 0.331 e. The molecular formula is C35H44N6O7. The molecule has 0 saturated carbocycles. The number of likely N-dealkylation sites (N-methyl/N-ethyl adjacent to an activating group) is 1. The van der Waals surface area contributed by atoms with Gasteiger partial charge in [0.05, 0.1) is 12.6 Å². The molecule has 0 spiro atoms. The molecule has 256 valence electrons. The molecule has 0 aromatic heterocycles. The van der Waals surface area contributed by atoms with Gasteiger partial charge in [-0.3, -0.25) is 19.2 Å². The van der Waals surface area contributed by atoms with Crippen LogP contribution in [0.25, 0.3) is 0 Å². The van der Waals surface area contributed by atoms with Crippen LogP contribution in [0, 0.1) is 0 Å². The number of phenols is 1. The number of para-hydroxylation sites is 1. The predicted octanol–water partition coefficient (Wildman–Crippen LogP) is 1.18. The Balaban J connectivity index is 1.69. The first-order valence-electron chi connectivity index (χ1n) is 15.5. The van der Waals surface area contributed by atoms with Crippen LogP contribution in [0.3, 0.4) is 0 Å². The molecule has 13 nitrogen and oxygen atoms in total. The highest BCUT2D eigenvalue weighted by Crippen LogP contribution is 2.27. The molecule has 0 aliphatic rings. The summed E-state index contributed by atoms with van der Waals surface area (Å²) in [6.45, 7) is 0.840. The van der Waals surface area contributed by atoms with Crippen molar-refractivity contribution >= 4 is 35.3 Å². The second kappa shape index (κ2) is 17.0. The molecule has 0 fully saturated rings. The van der Waals surface area contributed by atoms with Crippen molar-refractivity contribution in [2.75, 3.05) is 25.5 Å². The van der Waals surface area contributed by atoms with E-state index in [0.717, 1.165) is 4.90 Å². The highest BCUT2D eigenvalue weighted by molar-refractivity contribution is 5.94. The van der Waals surface area contributed by atoms with E-state index in [0.29, 0.717) is 16.8 Å². The lowest BCUT2D eigenvalue weighted by molar-refractivity contribution is -0.159. The number of carbonyl (C=O) groups excluding carboxylic acids is 4. The Morgan fingerprint density at radius 2 is 1.40 bits per heavy atom. The van der Waals surface area contributed by atoms with Gasteiger partial charge >= 0.3 is 5.97 Å². The van der Waals surface area contributed by atoms with Gasteiger partial charge in [-0.15, -0.1) is 0 Å². The zero-order chi connectivity index (χ0) is 35.4. The second-order valence-corrected chi connectivity index (χ2v) is 11.7. The molecule has 0 bridgehead atoms. The van der Waals surface area contributed by atoms with Gasteiger partial charge in [0.2, 0.25) is 23.6 Å². The van der Waals surface area contributed by atoms with Crippen LogP contribution in [0.1, 0.15) is 30.9 Å². The maximum Gasteiger partial charge on any atom is 0.331 e. The lowest BCUT2D eigenvalue weighted by Gasteiger charge is -2.43. The number of carboxylic acids is 1. The number of carboxylic acid groups (broad SMARTS) is 1. The number of rotatable bonds is 16. The topological polar surface area (TPSA) is 208 Å². The third-order valence-corrected chi connectivity index (χ3v) is 8.35. The van der Waals surface area contributed by atoms with E-state index in [1.54, 1.807) is 73.8 Å². The van der Waals surface area contributed by atoms with Crippen LogP contribution >= 0.6 is 0 Å².